The Bertz CT molecular complexity index is 1140. The first-order valence-corrected chi connectivity index (χ1v) is 14.2. The first-order chi connectivity index (χ1) is 17.0. The van der Waals surface area contributed by atoms with Gasteiger partial charge in [0.2, 0.25) is 21.8 Å². The summed E-state index contributed by atoms with van der Waals surface area (Å²) in [4.78, 5) is 28.0. The van der Waals surface area contributed by atoms with Gasteiger partial charge in [0.1, 0.15) is 18.4 Å². The zero-order chi connectivity index (χ0) is 26.5. The van der Waals surface area contributed by atoms with E-state index in [1.165, 1.54) is 17.0 Å². The van der Waals surface area contributed by atoms with Gasteiger partial charge in [0, 0.05) is 12.6 Å². The maximum atomic E-state index is 13.6. The Labute approximate surface area is 213 Å². The third-order valence-corrected chi connectivity index (χ3v) is 7.80. The Kier molecular flexibility index (Phi) is 9.11. The molecule has 1 atom stereocenters. The Morgan fingerprint density at radius 2 is 1.58 bits per heavy atom. The molecule has 0 unspecified atom stereocenters. The van der Waals surface area contributed by atoms with Crippen LogP contribution in [0.2, 0.25) is 0 Å². The summed E-state index contributed by atoms with van der Waals surface area (Å²) in [6, 6.07) is 12.0. The average Bonchev–Trinajstić information content (AvgIpc) is 3.34. The molecule has 2 aromatic carbocycles. The van der Waals surface area contributed by atoms with Crippen molar-refractivity contribution in [2.75, 3.05) is 17.1 Å². The van der Waals surface area contributed by atoms with Gasteiger partial charge in [0.25, 0.3) is 0 Å². The van der Waals surface area contributed by atoms with E-state index in [1.54, 1.807) is 31.2 Å². The fourth-order valence-corrected chi connectivity index (χ4v) is 5.25. The summed E-state index contributed by atoms with van der Waals surface area (Å²) in [5, 5.41) is 3.02. The van der Waals surface area contributed by atoms with Crippen molar-refractivity contribution in [2.24, 2.45) is 0 Å². The molecule has 0 aromatic heterocycles. The van der Waals surface area contributed by atoms with E-state index in [0.717, 1.165) is 41.8 Å². The van der Waals surface area contributed by atoms with Crippen molar-refractivity contribution in [3.63, 3.8) is 0 Å². The second kappa shape index (κ2) is 11.9. The summed E-state index contributed by atoms with van der Waals surface area (Å²) in [6.07, 6.45) is 4.96. The molecule has 1 aliphatic rings. The molecule has 1 saturated carbocycles. The molecule has 0 saturated heterocycles. The van der Waals surface area contributed by atoms with Gasteiger partial charge in [-0.05, 0) is 61.1 Å². The Balaban J connectivity index is 1.86. The topological polar surface area (TPSA) is 86.8 Å². The zero-order valence-corrected chi connectivity index (χ0v) is 22.2. The van der Waals surface area contributed by atoms with Crippen LogP contribution in [0, 0.1) is 5.82 Å². The molecular formula is C27H36FN3O4S. The highest BCUT2D eigenvalue weighted by molar-refractivity contribution is 7.92. The minimum Gasteiger partial charge on any atom is -0.352 e. The van der Waals surface area contributed by atoms with E-state index in [4.69, 9.17) is 0 Å². The number of rotatable bonds is 10. The van der Waals surface area contributed by atoms with Crippen molar-refractivity contribution >= 4 is 27.5 Å². The van der Waals surface area contributed by atoms with E-state index in [0.29, 0.717) is 11.3 Å². The lowest BCUT2D eigenvalue weighted by atomic mass is 10.0. The summed E-state index contributed by atoms with van der Waals surface area (Å²) < 4.78 is 39.8. The van der Waals surface area contributed by atoms with E-state index >= 15 is 0 Å². The minimum atomic E-state index is -3.79. The van der Waals surface area contributed by atoms with Crippen LogP contribution in [0.1, 0.15) is 63.5 Å². The van der Waals surface area contributed by atoms with Crippen LogP contribution in [0.25, 0.3) is 0 Å². The number of halogens is 1. The fourth-order valence-electron chi connectivity index (χ4n) is 4.40. The molecule has 3 rings (SSSR count). The normalized spacial score (nSPS) is 15.1. The number of anilines is 1. The Morgan fingerprint density at radius 3 is 2.11 bits per heavy atom. The molecule has 9 heteroatoms. The third-order valence-electron chi connectivity index (χ3n) is 6.66. The van der Waals surface area contributed by atoms with Gasteiger partial charge in [-0.25, -0.2) is 12.8 Å². The quantitative estimate of drug-likeness (QED) is 0.512. The van der Waals surface area contributed by atoms with Crippen LogP contribution in [0.15, 0.2) is 48.5 Å². The van der Waals surface area contributed by atoms with Crippen LogP contribution >= 0.6 is 0 Å². The van der Waals surface area contributed by atoms with Crippen molar-refractivity contribution in [3.05, 3.63) is 65.5 Å². The Hall–Kier alpha value is -2.94. The summed E-state index contributed by atoms with van der Waals surface area (Å²) in [5.74, 6) is -0.939. The van der Waals surface area contributed by atoms with Gasteiger partial charge < -0.3 is 10.2 Å². The second-order valence-electron chi connectivity index (χ2n) is 9.83. The molecule has 0 heterocycles. The number of carbonyl (C=O) groups excluding carboxylic acids is 2. The number of nitrogens with zero attached hydrogens (tertiary/aromatic N) is 2. The molecule has 0 aliphatic heterocycles. The molecule has 196 valence electrons. The molecule has 0 bridgehead atoms. The molecule has 0 radical (unpaired) electrons. The van der Waals surface area contributed by atoms with Crippen LogP contribution in [-0.2, 0) is 26.2 Å². The van der Waals surface area contributed by atoms with Crippen LogP contribution in [-0.4, -0.2) is 50.0 Å². The summed E-state index contributed by atoms with van der Waals surface area (Å²) in [6.45, 7) is 5.30. The van der Waals surface area contributed by atoms with E-state index < -0.39 is 34.3 Å². The highest BCUT2D eigenvalue weighted by Crippen LogP contribution is 2.23. The fraction of sp³-hybridized carbons (Fsp3) is 0.481. The van der Waals surface area contributed by atoms with Gasteiger partial charge in [-0.2, -0.15) is 0 Å². The highest BCUT2D eigenvalue weighted by atomic mass is 32.2. The van der Waals surface area contributed by atoms with Crippen LogP contribution in [0.5, 0.6) is 0 Å². The van der Waals surface area contributed by atoms with Crippen molar-refractivity contribution in [1.82, 2.24) is 10.2 Å². The largest absolute Gasteiger partial charge is 0.352 e. The molecule has 7 nitrogen and oxygen atoms in total. The molecule has 1 fully saturated rings. The van der Waals surface area contributed by atoms with Crippen molar-refractivity contribution in [2.45, 2.75) is 71.0 Å². The second-order valence-corrected chi connectivity index (χ2v) is 11.7. The Morgan fingerprint density at radius 1 is 1.00 bits per heavy atom. The van der Waals surface area contributed by atoms with Crippen LogP contribution in [0.4, 0.5) is 10.1 Å². The first-order valence-electron chi connectivity index (χ1n) is 12.4. The zero-order valence-electron chi connectivity index (χ0n) is 21.4. The van der Waals surface area contributed by atoms with E-state index in [-0.39, 0.29) is 24.4 Å². The van der Waals surface area contributed by atoms with Gasteiger partial charge in [-0.3, -0.25) is 13.9 Å². The summed E-state index contributed by atoms with van der Waals surface area (Å²) in [7, 11) is -3.79. The summed E-state index contributed by atoms with van der Waals surface area (Å²) in [5.41, 5.74) is 2.06. The molecule has 1 N–H and O–H groups in total. The number of sulfonamides is 1. The monoisotopic (exact) mass is 517 g/mol. The number of nitrogens with one attached hydrogen (secondary N) is 1. The lowest BCUT2D eigenvalue weighted by Gasteiger charge is -2.32. The smallest absolute Gasteiger partial charge is 0.244 e. The SMILES string of the molecule is CC(C)c1ccc(N(CC(=O)N(Cc2ccc(F)cc2)[C@@H](C)C(=O)NC2CCCC2)S(C)(=O)=O)cc1. The first kappa shape index (κ1) is 27.6. The third kappa shape index (κ3) is 7.29. The van der Waals surface area contributed by atoms with Gasteiger partial charge in [-0.1, -0.05) is 51.0 Å². The number of amides is 2. The molecular weight excluding hydrogens is 481 g/mol. The standard InChI is InChI=1S/C27H36FN3O4S/c1-19(2)22-11-15-25(16-12-22)31(36(4,34)35)18-26(32)30(17-21-9-13-23(28)14-10-21)20(3)27(33)29-24-7-5-6-8-24/h9-16,19-20,24H,5-8,17-18H2,1-4H3,(H,29,33)/t20-/m0/s1. The van der Waals surface area contributed by atoms with Crippen molar-refractivity contribution < 1.29 is 22.4 Å². The highest BCUT2D eigenvalue weighted by Gasteiger charge is 2.31. The van der Waals surface area contributed by atoms with E-state index in [2.05, 4.69) is 5.32 Å². The maximum Gasteiger partial charge on any atom is 0.244 e. The van der Waals surface area contributed by atoms with Crippen LogP contribution in [0.3, 0.4) is 0 Å². The number of hydrogen-bond donors (Lipinski definition) is 1. The molecule has 36 heavy (non-hydrogen) atoms. The lowest BCUT2D eigenvalue weighted by molar-refractivity contribution is -0.139. The predicted octanol–water partition coefficient (Wildman–Crippen LogP) is 4.19. The molecule has 0 spiro atoms. The molecule has 1 aliphatic carbocycles. The lowest BCUT2D eigenvalue weighted by Crippen LogP contribution is -2.52. The van der Waals surface area contributed by atoms with Crippen molar-refractivity contribution in [1.29, 1.82) is 0 Å². The number of benzene rings is 2. The molecule has 2 amide bonds. The minimum absolute atomic E-state index is 0.0439. The van der Waals surface area contributed by atoms with Gasteiger partial charge in [0.15, 0.2) is 0 Å². The number of carbonyl (C=O) groups is 2. The van der Waals surface area contributed by atoms with Gasteiger partial charge in [0.05, 0.1) is 11.9 Å². The van der Waals surface area contributed by atoms with E-state index in [1.807, 2.05) is 26.0 Å². The van der Waals surface area contributed by atoms with Gasteiger partial charge >= 0.3 is 0 Å². The van der Waals surface area contributed by atoms with Gasteiger partial charge in [-0.15, -0.1) is 0 Å². The van der Waals surface area contributed by atoms with Crippen LogP contribution < -0.4 is 9.62 Å². The number of hydrogen-bond acceptors (Lipinski definition) is 4. The van der Waals surface area contributed by atoms with E-state index in [9.17, 15) is 22.4 Å². The van der Waals surface area contributed by atoms with Crippen molar-refractivity contribution in [3.8, 4) is 0 Å². The predicted molar refractivity (Wildman–Crippen MR) is 140 cm³/mol. The average molecular weight is 518 g/mol. The molecule has 2 aromatic rings. The maximum absolute atomic E-state index is 13.6. The summed E-state index contributed by atoms with van der Waals surface area (Å²) >= 11 is 0.